The maximum absolute atomic E-state index is 6.15. The van der Waals surface area contributed by atoms with Gasteiger partial charge in [0.1, 0.15) is 0 Å². The average molecular weight is 298 g/mol. The van der Waals surface area contributed by atoms with E-state index in [9.17, 15) is 0 Å². The molecule has 2 heterocycles. The molecule has 104 valence electrons. The molecule has 0 spiro atoms. The predicted molar refractivity (Wildman–Crippen MR) is 81.1 cm³/mol. The number of ether oxygens (including phenoxy) is 1. The van der Waals surface area contributed by atoms with Crippen LogP contribution < -0.4 is 5.32 Å². The van der Waals surface area contributed by atoms with Crippen molar-refractivity contribution in [1.82, 2.24) is 5.32 Å². The third-order valence-corrected chi connectivity index (χ3v) is 5.29. The molecule has 0 radical (unpaired) electrons. The minimum Gasteiger partial charge on any atom is -0.378 e. The fourth-order valence-electron chi connectivity index (χ4n) is 2.97. The first-order valence-electron chi connectivity index (χ1n) is 7.02. The Morgan fingerprint density at radius 2 is 2.26 bits per heavy atom. The highest BCUT2D eigenvalue weighted by Gasteiger charge is 2.26. The van der Waals surface area contributed by atoms with Gasteiger partial charge in [-0.3, -0.25) is 0 Å². The third kappa shape index (κ3) is 3.27. The summed E-state index contributed by atoms with van der Waals surface area (Å²) in [7, 11) is 0. The lowest BCUT2D eigenvalue weighted by atomic mass is 9.98. The van der Waals surface area contributed by atoms with Crippen molar-refractivity contribution in [2.75, 3.05) is 12.4 Å². The highest BCUT2D eigenvalue weighted by molar-refractivity contribution is 7.99. The maximum atomic E-state index is 6.15. The SMILES string of the molecule is CC1CC(NC2CCSc3ccc(Cl)cc32)CCO1. The zero-order valence-corrected chi connectivity index (χ0v) is 12.8. The molecule has 1 aromatic carbocycles. The molecule has 2 aliphatic rings. The molecule has 0 aliphatic carbocycles. The summed E-state index contributed by atoms with van der Waals surface area (Å²) in [5.74, 6) is 1.19. The first-order valence-corrected chi connectivity index (χ1v) is 8.38. The maximum Gasteiger partial charge on any atom is 0.0561 e. The summed E-state index contributed by atoms with van der Waals surface area (Å²) in [5.41, 5.74) is 1.38. The van der Waals surface area contributed by atoms with Crippen molar-refractivity contribution < 1.29 is 4.74 Å². The van der Waals surface area contributed by atoms with E-state index in [0.29, 0.717) is 18.2 Å². The summed E-state index contributed by atoms with van der Waals surface area (Å²) in [6.07, 6.45) is 3.79. The first kappa shape index (κ1) is 13.7. The van der Waals surface area contributed by atoms with Gasteiger partial charge < -0.3 is 10.1 Å². The van der Waals surface area contributed by atoms with E-state index < -0.39 is 0 Å². The Morgan fingerprint density at radius 3 is 3.11 bits per heavy atom. The van der Waals surface area contributed by atoms with E-state index in [1.54, 1.807) is 0 Å². The molecular formula is C15H20ClNOS. The fraction of sp³-hybridized carbons (Fsp3) is 0.600. The topological polar surface area (TPSA) is 21.3 Å². The van der Waals surface area contributed by atoms with Gasteiger partial charge in [-0.1, -0.05) is 11.6 Å². The van der Waals surface area contributed by atoms with E-state index in [-0.39, 0.29) is 0 Å². The molecule has 0 saturated carbocycles. The van der Waals surface area contributed by atoms with Crippen molar-refractivity contribution in [1.29, 1.82) is 0 Å². The van der Waals surface area contributed by atoms with Crippen LogP contribution in [0, 0.1) is 0 Å². The second-order valence-electron chi connectivity index (χ2n) is 5.44. The molecule has 0 amide bonds. The standard InChI is InChI=1S/C15H20ClNOS/c1-10-8-12(4-6-18-10)17-14-5-7-19-15-3-2-11(16)9-13(14)15/h2-3,9-10,12,14,17H,4-8H2,1H3. The number of thioether (sulfide) groups is 1. The van der Waals surface area contributed by atoms with Gasteiger partial charge in [0, 0.05) is 28.6 Å². The second-order valence-corrected chi connectivity index (χ2v) is 7.01. The molecular weight excluding hydrogens is 278 g/mol. The summed E-state index contributed by atoms with van der Waals surface area (Å²) in [4.78, 5) is 1.38. The predicted octanol–water partition coefficient (Wildman–Crippen LogP) is 4.03. The van der Waals surface area contributed by atoms with E-state index in [2.05, 4.69) is 24.4 Å². The van der Waals surface area contributed by atoms with Crippen LogP contribution in [0.2, 0.25) is 5.02 Å². The van der Waals surface area contributed by atoms with Crippen molar-refractivity contribution in [3.63, 3.8) is 0 Å². The minimum absolute atomic E-state index is 0.378. The van der Waals surface area contributed by atoms with Gasteiger partial charge in [-0.2, -0.15) is 0 Å². The summed E-state index contributed by atoms with van der Waals surface area (Å²) in [6.45, 7) is 3.04. The first-order chi connectivity index (χ1) is 9.22. The zero-order valence-electron chi connectivity index (χ0n) is 11.2. The molecule has 0 bridgehead atoms. The van der Waals surface area contributed by atoms with E-state index in [0.717, 1.165) is 24.5 Å². The Labute approximate surface area is 124 Å². The zero-order chi connectivity index (χ0) is 13.2. The number of benzene rings is 1. The van der Waals surface area contributed by atoms with Gasteiger partial charge in [-0.25, -0.2) is 0 Å². The van der Waals surface area contributed by atoms with Gasteiger partial charge >= 0.3 is 0 Å². The van der Waals surface area contributed by atoms with Gasteiger partial charge in [-0.05, 0) is 55.7 Å². The normalized spacial score (nSPS) is 30.9. The van der Waals surface area contributed by atoms with Crippen LogP contribution in [0.5, 0.6) is 0 Å². The van der Waals surface area contributed by atoms with Crippen LogP contribution in [-0.2, 0) is 4.74 Å². The van der Waals surface area contributed by atoms with Crippen molar-refractivity contribution in [3.05, 3.63) is 28.8 Å². The Balaban J connectivity index is 1.74. The molecule has 19 heavy (non-hydrogen) atoms. The van der Waals surface area contributed by atoms with Crippen LogP contribution in [0.1, 0.15) is 37.8 Å². The molecule has 3 unspecified atom stereocenters. The van der Waals surface area contributed by atoms with Crippen molar-refractivity contribution in [3.8, 4) is 0 Å². The number of nitrogens with one attached hydrogen (secondary N) is 1. The van der Waals surface area contributed by atoms with Crippen LogP contribution in [0.25, 0.3) is 0 Å². The van der Waals surface area contributed by atoms with Crippen molar-refractivity contribution in [2.45, 2.75) is 49.3 Å². The molecule has 3 atom stereocenters. The lowest BCUT2D eigenvalue weighted by Crippen LogP contribution is -2.40. The summed E-state index contributed by atoms with van der Waals surface area (Å²) >= 11 is 8.09. The average Bonchev–Trinajstić information content (AvgIpc) is 2.39. The van der Waals surface area contributed by atoms with Crippen molar-refractivity contribution >= 4 is 23.4 Å². The smallest absolute Gasteiger partial charge is 0.0561 e. The molecule has 2 aliphatic heterocycles. The van der Waals surface area contributed by atoms with Gasteiger partial charge in [0.25, 0.3) is 0 Å². The van der Waals surface area contributed by atoms with E-state index in [1.807, 2.05) is 17.8 Å². The monoisotopic (exact) mass is 297 g/mol. The highest BCUT2D eigenvalue weighted by Crippen LogP contribution is 2.38. The van der Waals surface area contributed by atoms with Gasteiger partial charge in [0.05, 0.1) is 6.10 Å². The Hall–Kier alpha value is -0.220. The molecule has 1 fully saturated rings. The van der Waals surface area contributed by atoms with Crippen LogP contribution >= 0.6 is 23.4 Å². The largest absolute Gasteiger partial charge is 0.378 e. The Bertz CT molecular complexity index is 454. The molecule has 1 saturated heterocycles. The van der Waals surface area contributed by atoms with Crippen LogP contribution in [0.15, 0.2) is 23.1 Å². The second kappa shape index (κ2) is 6.04. The highest BCUT2D eigenvalue weighted by atomic mass is 35.5. The van der Waals surface area contributed by atoms with Gasteiger partial charge in [0.15, 0.2) is 0 Å². The number of rotatable bonds is 2. The molecule has 1 aromatic rings. The van der Waals surface area contributed by atoms with E-state index in [4.69, 9.17) is 16.3 Å². The molecule has 0 aromatic heterocycles. The van der Waals surface area contributed by atoms with E-state index in [1.165, 1.54) is 22.6 Å². The number of halogens is 1. The Kier molecular flexibility index (Phi) is 4.37. The molecule has 2 nitrogen and oxygen atoms in total. The van der Waals surface area contributed by atoms with Crippen LogP contribution in [0.4, 0.5) is 0 Å². The lowest BCUT2D eigenvalue weighted by molar-refractivity contribution is 0.0110. The number of hydrogen-bond acceptors (Lipinski definition) is 3. The van der Waals surface area contributed by atoms with Crippen molar-refractivity contribution in [2.24, 2.45) is 0 Å². The summed E-state index contributed by atoms with van der Waals surface area (Å²) < 4.78 is 5.62. The number of hydrogen-bond donors (Lipinski definition) is 1. The lowest BCUT2D eigenvalue weighted by Gasteiger charge is -2.34. The Morgan fingerprint density at radius 1 is 1.37 bits per heavy atom. The third-order valence-electron chi connectivity index (χ3n) is 3.93. The summed E-state index contributed by atoms with van der Waals surface area (Å²) in [5, 5.41) is 4.66. The van der Waals surface area contributed by atoms with Gasteiger partial charge in [0.2, 0.25) is 0 Å². The quantitative estimate of drug-likeness (QED) is 0.890. The minimum atomic E-state index is 0.378. The fourth-order valence-corrected chi connectivity index (χ4v) is 4.26. The number of fused-ring (bicyclic) bond motifs is 1. The summed E-state index contributed by atoms with van der Waals surface area (Å²) in [6, 6.07) is 7.30. The molecule has 1 N–H and O–H groups in total. The van der Waals surface area contributed by atoms with Crippen LogP contribution in [-0.4, -0.2) is 24.5 Å². The van der Waals surface area contributed by atoms with Gasteiger partial charge in [-0.15, -0.1) is 11.8 Å². The molecule has 4 heteroatoms. The molecule has 3 rings (SSSR count). The van der Waals surface area contributed by atoms with Crippen LogP contribution in [0.3, 0.4) is 0 Å². The van der Waals surface area contributed by atoms with E-state index >= 15 is 0 Å².